The molecule has 0 saturated carbocycles. The first-order chi connectivity index (χ1) is 7.14. The van der Waals surface area contributed by atoms with Gasteiger partial charge in [0.1, 0.15) is 0 Å². The molecule has 1 aliphatic rings. The van der Waals surface area contributed by atoms with Crippen LogP contribution in [0.5, 0.6) is 0 Å². The molecule has 90 valence electrons. The van der Waals surface area contributed by atoms with E-state index in [1.165, 1.54) is 0 Å². The number of hydrogen-bond acceptors (Lipinski definition) is 3. The minimum atomic E-state index is 0.246. The van der Waals surface area contributed by atoms with Gasteiger partial charge < -0.3 is 10.1 Å². The van der Waals surface area contributed by atoms with Crippen LogP contribution in [-0.4, -0.2) is 55.2 Å². The Balaban J connectivity index is 2.09. The van der Waals surface area contributed by atoms with Gasteiger partial charge in [0, 0.05) is 37.0 Å². The molecule has 3 nitrogen and oxygen atoms in total. The molecule has 0 unspecified atom stereocenters. The van der Waals surface area contributed by atoms with E-state index in [4.69, 9.17) is 4.74 Å². The average Bonchev–Trinajstić information content (AvgIpc) is 2.19. The molecule has 0 aromatic carbocycles. The van der Waals surface area contributed by atoms with Gasteiger partial charge in [0.2, 0.25) is 0 Å². The van der Waals surface area contributed by atoms with E-state index in [0.717, 1.165) is 51.1 Å². The Morgan fingerprint density at radius 2 is 2.00 bits per heavy atom. The third kappa shape index (κ3) is 5.85. The Morgan fingerprint density at radius 3 is 2.60 bits per heavy atom. The second-order valence-corrected chi connectivity index (χ2v) is 5.50. The summed E-state index contributed by atoms with van der Waals surface area (Å²) < 4.78 is 5.32. The maximum Gasteiger partial charge on any atom is 0.0594 e. The monoisotopic (exact) mass is 278 g/mol. The van der Waals surface area contributed by atoms with E-state index in [0.29, 0.717) is 0 Å². The van der Waals surface area contributed by atoms with Gasteiger partial charge in [-0.05, 0) is 20.3 Å². The van der Waals surface area contributed by atoms with Crippen molar-refractivity contribution in [3.05, 3.63) is 0 Å². The number of nitrogens with one attached hydrogen (secondary N) is 1. The van der Waals surface area contributed by atoms with Crippen molar-refractivity contribution in [3.63, 3.8) is 0 Å². The number of hydrogen-bond donors (Lipinski definition) is 1. The fourth-order valence-electron chi connectivity index (χ4n) is 1.70. The lowest BCUT2D eigenvalue weighted by Crippen LogP contribution is -2.46. The number of nitrogens with zero attached hydrogens (tertiary/aromatic N) is 1. The maximum absolute atomic E-state index is 5.32. The summed E-state index contributed by atoms with van der Waals surface area (Å²) in [4.78, 5) is 2.46. The first-order valence-electron chi connectivity index (χ1n) is 5.75. The van der Waals surface area contributed by atoms with Crippen molar-refractivity contribution in [2.24, 2.45) is 0 Å². The predicted molar refractivity (Wildman–Crippen MR) is 67.8 cm³/mol. The van der Waals surface area contributed by atoms with E-state index in [-0.39, 0.29) is 5.54 Å². The van der Waals surface area contributed by atoms with Crippen LogP contribution in [0.15, 0.2) is 0 Å². The van der Waals surface area contributed by atoms with Gasteiger partial charge in [0.15, 0.2) is 0 Å². The van der Waals surface area contributed by atoms with Gasteiger partial charge in [-0.15, -0.1) is 0 Å². The van der Waals surface area contributed by atoms with Crippen molar-refractivity contribution in [1.82, 2.24) is 10.2 Å². The Labute approximate surface area is 102 Å². The van der Waals surface area contributed by atoms with Gasteiger partial charge in [0.25, 0.3) is 0 Å². The van der Waals surface area contributed by atoms with Gasteiger partial charge in [0.05, 0.1) is 13.2 Å². The minimum absolute atomic E-state index is 0.246. The molecule has 1 aliphatic heterocycles. The molecule has 0 aromatic heterocycles. The molecule has 0 aromatic rings. The molecular formula is C11H23BrN2O. The van der Waals surface area contributed by atoms with Crippen molar-refractivity contribution >= 4 is 15.9 Å². The maximum atomic E-state index is 5.32. The van der Waals surface area contributed by atoms with Crippen LogP contribution in [0.3, 0.4) is 0 Å². The van der Waals surface area contributed by atoms with Crippen LogP contribution in [0.4, 0.5) is 0 Å². The second-order valence-electron chi connectivity index (χ2n) is 4.70. The molecule has 1 N–H and O–H groups in total. The first kappa shape index (κ1) is 13.4. The van der Waals surface area contributed by atoms with Crippen LogP contribution in [0.2, 0.25) is 0 Å². The van der Waals surface area contributed by atoms with E-state index in [2.05, 4.69) is 40.0 Å². The second kappa shape index (κ2) is 6.84. The average molecular weight is 279 g/mol. The largest absolute Gasteiger partial charge is 0.379 e. The summed E-state index contributed by atoms with van der Waals surface area (Å²) in [7, 11) is 0. The fourth-order valence-corrected chi connectivity index (χ4v) is 2.69. The van der Waals surface area contributed by atoms with E-state index in [1.54, 1.807) is 0 Å². The Kier molecular flexibility index (Phi) is 6.12. The molecule has 1 heterocycles. The SMILES string of the molecule is CC(C)(CCBr)NCCN1CCOCC1. The fraction of sp³-hybridized carbons (Fsp3) is 1.00. The highest BCUT2D eigenvalue weighted by atomic mass is 79.9. The lowest BCUT2D eigenvalue weighted by Gasteiger charge is -2.30. The lowest BCUT2D eigenvalue weighted by atomic mass is 10.0. The molecule has 0 atom stereocenters. The van der Waals surface area contributed by atoms with Gasteiger partial charge >= 0.3 is 0 Å². The first-order valence-corrected chi connectivity index (χ1v) is 6.87. The van der Waals surface area contributed by atoms with Gasteiger partial charge in [-0.3, -0.25) is 4.90 Å². The van der Waals surface area contributed by atoms with Crippen LogP contribution in [0.25, 0.3) is 0 Å². The number of alkyl halides is 1. The van der Waals surface area contributed by atoms with Gasteiger partial charge in [-0.2, -0.15) is 0 Å². The van der Waals surface area contributed by atoms with Crippen molar-refractivity contribution < 1.29 is 4.74 Å². The Hall–Kier alpha value is 0.360. The molecule has 0 spiro atoms. The summed E-state index contributed by atoms with van der Waals surface area (Å²) in [5.41, 5.74) is 0.246. The summed E-state index contributed by atoms with van der Waals surface area (Å²) in [6.07, 6.45) is 1.16. The van der Waals surface area contributed by atoms with Crippen molar-refractivity contribution in [3.8, 4) is 0 Å². The highest BCUT2D eigenvalue weighted by Gasteiger charge is 2.16. The number of halogens is 1. The van der Waals surface area contributed by atoms with E-state index in [1.807, 2.05) is 0 Å². The van der Waals surface area contributed by atoms with Crippen LogP contribution >= 0.6 is 15.9 Å². The quantitative estimate of drug-likeness (QED) is 0.745. The molecule has 1 rings (SSSR count). The van der Waals surface area contributed by atoms with E-state index >= 15 is 0 Å². The third-order valence-electron chi connectivity index (χ3n) is 2.85. The van der Waals surface area contributed by atoms with Crippen LogP contribution < -0.4 is 5.32 Å². The Bertz CT molecular complexity index is 170. The summed E-state index contributed by atoms with van der Waals surface area (Å²) in [5, 5.41) is 4.65. The van der Waals surface area contributed by atoms with Crippen molar-refractivity contribution in [2.45, 2.75) is 25.8 Å². The highest BCUT2D eigenvalue weighted by Crippen LogP contribution is 2.09. The molecule has 0 aliphatic carbocycles. The van der Waals surface area contributed by atoms with Crippen LogP contribution in [0.1, 0.15) is 20.3 Å². The molecule has 4 heteroatoms. The molecule has 0 bridgehead atoms. The van der Waals surface area contributed by atoms with Crippen molar-refractivity contribution in [2.75, 3.05) is 44.7 Å². The minimum Gasteiger partial charge on any atom is -0.379 e. The molecule has 1 fully saturated rings. The van der Waals surface area contributed by atoms with E-state index < -0.39 is 0 Å². The number of ether oxygens (including phenoxy) is 1. The third-order valence-corrected chi connectivity index (χ3v) is 3.25. The van der Waals surface area contributed by atoms with Gasteiger partial charge in [-0.25, -0.2) is 0 Å². The van der Waals surface area contributed by atoms with Crippen molar-refractivity contribution in [1.29, 1.82) is 0 Å². The summed E-state index contributed by atoms with van der Waals surface area (Å²) in [6.45, 7) is 10.7. The molecule has 0 amide bonds. The van der Waals surface area contributed by atoms with Gasteiger partial charge in [-0.1, -0.05) is 15.9 Å². The normalized spacial score (nSPS) is 19.4. The highest BCUT2D eigenvalue weighted by molar-refractivity contribution is 9.09. The standard InChI is InChI=1S/C11H23BrN2O/c1-11(2,3-4-12)13-5-6-14-7-9-15-10-8-14/h13H,3-10H2,1-2H3. The molecule has 15 heavy (non-hydrogen) atoms. The topological polar surface area (TPSA) is 24.5 Å². The smallest absolute Gasteiger partial charge is 0.0594 e. The summed E-state index contributed by atoms with van der Waals surface area (Å²) in [6, 6.07) is 0. The lowest BCUT2D eigenvalue weighted by molar-refractivity contribution is 0.0376. The zero-order valence-electron chi connectivity index (χ0n) is 9.89. The molecule has 1 saturated heterocycles. The predicted octanol–water partition coefficient (Wildman–Crippen LogP) is 1.47. The molecule has 0 radical (unpaired) electrons. The zero-order valence-corrected chi connectivity index (χ0v) is 11.5. The molecular weight excluding hydrogens is 256 g/mol. The zero-order chi connectivity index (χ0) is 11.1. The Morgan fingerprint density at radius 1 is 1.33 bits per heavy atom. The number of morpholine rings is 1. The number of rotatable bonds is 6. The summed E-state index contributed by atoms with van der Waals surface area (Å²) in [5.74, 6) is 0. The van der Waals surface area contributed by atoms with Crippen LogP contribution in [-0.2, 0) is 4.74 Å². The van der Waals surface area contributed by atoms with Crippen LogP contribution in [0, 0.1) is 0 Å². The van der Waals surface area contributed by atoms with E-state index in [9.17, 15) is 0 Å². The summed E-state index contributed by atoms with van der Waals surface area (Å²) >= 11 is 3.49.